The fourth-order valence-electron chi connectivity index (χ4n) is 5.02. The second kappa shape index (κ2) is 10.5. The van der Waals surface area contributed by atoms with Crippen LogP contribution in [0.4, 0.5) is 0 Å². The monoisotopic (exact) mass is 452 g/mol. The fourth-order valence-corrected chi connectivity index (χ4v) is 5.02. The third kappa shape index (κ3) is 5.09. The first-order valence-corrected chi connectivity index (χ1v) is 9.93. The van der Waals surface area contributed by atoms with Gasteiger partial charge in [-0.2, -0.15) is 0 Å². The number of benzene rings is 2. The van der Waals surface area contributed by atoms with Crippen LogP contribution in [0.1, 0.15) is 22.7 Å². The normalized spacial score (nSPS) is 23.3. The summed E-state index contributed by atoms with van der Waals surface area (Å²) < 4.78 is 5.49. The number of likely N-dealkylation sites (tertiary alicyclic amines) is 2. The molecule has 0 amide bonds. The summed E-state index contributed by atoms with van der Waals surface area (Å²) in [6, 6.07) is 17.0. The van der Waals surface area contributed by atoms with Gasteiger partial charge in [0.2, 0.25) is 0 Å². The molecule has 0 unspecified atom stereocenters. The smallest absolute Gasteiger partial charge is 0.341 e. The Morgan fingerprint density at radius 2 is 1.77 bits per heavy atom. The standard InChI is InChI=1S/C23H28N2O3.2ClH/c1-16-7-3-5-9-19(16)23-20-14-25(13-18(20)11-24(23)2)12-17-8-4-6-10-21(17)28-15-22(26)27;;/h3-10,18,20,23H,11-15H2,1-2H3,(H,26,27);2*1H/t18-,20+,23-;;/m0../s1. The first kappa shape index (κ1) is 24.5. The Labute approximate surface area is 190 Å². The van der Waals surface area contributed by atoms with Crippen molar-refractivity contribution < 1.29 is 14.6 Å². The van der Waals surface area contributed by atoms with Crippen LogP contribution in [0.2, 0.25) is 0 Å². The Balaban J connectivity index is 0.00000160. The number of halogens is 2. The van der Waals surface area contributed by atoms with E-state index in [1.807, 2.05) is 24.3 Å². The molecule has 2 fully saturated rings. The van der Waals surface area contributed by atoms with Gasteiger partial charge < -0.3 is 9.84 Å². The van der Waals surface area contributed by atoms with Gasteiger partial charge in [-0.25, -0.2) is 4.79 Å². The molecule has 2 saturated heterocycles. The number of carboxylic acid groups (broad SMARTS) is 1. The SMILES string of the molecule is Cc1ccccc1[C@H]1[C@@H]2CN(Cc3ccccc3OCC(=O)O)C[C@@H]2CN1C.Cl.Cl. The molecule has 2 aliphatic rings. The summed E-state index contributed by atoms with van der Waals surface area (Å²) in [6.45, 7) is 5.96. The van der Waals surface area contributed by atoms with Crippen LogP contribution in [0.3, 0.4) is 0 Å². The average molecular weight is 453 g/mol. The number of fused-ring (bicyclic) bond motifs is 1. The van der Waals surface area contributed by atoms with Gasteiger partial charge in [0.15, 0.2) is 6.61 Å². The fraction of sp³-hybridized carbons (Fsp3) is 0.435. The van der Waals surface area contributed by atoms with E-state index in [0.717, 1.165) is 31.7 Å². The van der Waals surface area contributed by atoms with Crippen LogP contribution in [-0.4, -0.2) is 54.2 Å². The van der Waals surface area contributed by atoms with E-state index in [-0.39, 0.29) is 31.4 Å². The lowest BCUT2D eigenvalue weighted by atomic mass is 9.88. The first-order chi connectivity index (χ1) is 13.5. The second-order valence-corrected chi connectivity index (χ2v) is 8.15. The molecule has 4 rings (SSSR count). The Morgan fingerprint density at radius 3 is 2.50 bits per heavy atom. The van der Waals surface area contributed by atoms with Crippen LogP contribution >= 0.6 is 24.8 Å². The summed E-state index contributed by atoms with van der Waals surface area (Å²) in [5, 5.41) is 8.90. The number of para-hydroxylation sites is 1. The van der Waals surface area contributed by atoms with Crippen molar-refractivity contribution in [3.8, 4) is 5.75 Å². The van der Waals surface area contributed by atoms with Gasteiger partial charge in [0.1, 0.15) is 5.75 Å². The number of rotatable bonds is 6. The van der Waals surface area contributed by atoms with Crippen molar-refractivity contribution in [3.05, 3.63) is 65.2 Å². The predicted octanol–water partition coefficient (Wildman–Crippen LogP) is 4.04. The second-order valence-electron chi connectivity index (χ2n) is 8.15. The molecular weight excluding hydrogens is 423 g/mol. The quantitative estimate of drug-likeness (QED) is 0.716. The van der Waals surface area contributed by atoms with Crippen molar-refractivity contribution in [1.82, 2.24) is 9.80 Å². The van der Waals surface area contributed by atoms with Crippen molar-refractivity contribution in [2.45, 2.75) is 19.5 Å². The molecule has 0 spiro atoms. The summed E-state index contributed by atoms with van der Waals surface area (Å²) in [7, 11) is 2.24. The van der Waals surface area contributed by atoms with E-state index in [1.54, 1.807) is 0 Å². The zero-order chi connectivity index (χ0) is 19.7. The van der Waals surface area contributed by atoms with Crippen molar-refractivity contribution in [2.24, 2.45) is 11.8 Å². The van der Waals surface area contributed by atoms with Gasteiger partial charge in [-0.3, -0.25) is 9.80 Å². The molecule has 3 atom stereocenters. The maximum atomic E-state index is 10.8. The molecule has 1 N–H and O–H groups in total. The Hall–Kier alpha value is -1.79. The summed E-state index contributed by atoms with van der Waals surface area (Å²) >= 11 is 0. The molecule has 164 valence electrons. The zero-order valence-electron chi connectivity index (χ0n) is 17.4. The van der Waals surface area contributed by atoms with E-state index in [9.17, 15) is 4.79 Å². The highest BCUT2D eigenvalue weighted by atomic mass is 35.5. The van der Waals surface area contributed by atoms with E-state index in [4.69, 9.17) is 9.84 Å². The molecule has 7 heteroatoms. The van der Waals surface area contributed by atoms with Crippen molar-refractivity contribution in [1.29, 1.82) is 0 Å². The molecular formula is C23H30Cl2N2O3. The molecule has 0 aromatic heterocycles. The minimum absolute atomic E-state index is 0. The van der Waals surface area contributed by atoms with Gasteiger partial charge in [0.25, 0.3) is 0 Å². The maximum Gasteiger partial charge on any atom is 0.341 e. The van der Waals surface area contributed by atoms with Crippen LogP contribution in [0.5, 0.6) is 5.75 Å². The summed E-state index contributed by atoms with van der Waals surface area (Å²) in [6.07, 6.45) is 0. The minimum atomic E-state index is -0.949. The van der Waals surface area contributed by atoms with Gasteiger partial charge in [0, 0.05) is 37.8 Å². The van der Waals surface area contributed by atoms with Gasteiger partial charge in [-0.05, 0) is 43.0 Å². The number of aryl methyl sites for hydroxylation is 1. The third-order valence-corrected chi connectivity index (χ3v) is 6.19. The minimum Gasteiger partial charge on any atom is -0.482 e. The van der Waals surface area contributed by atoms with Crippen LogP contribution in [-0.2, 0) is 11.3 Å². The molecule has 5 nitrogen and oxygen atoms in total. The number of hydrogen-bond acceptors (Lipinski definition) is 4. The number of ether oxygens (including phenoxy) is 1. The van der Waals surface area contributed by atoms with Crippen molar-refractivity contribution in [2.75, 3.05) is 33.3 Å². The zero-order valence-corrected chi connectivity index (χ0v) is 19.0. The van der Waals surface area contributed by atoms with E-state index >= 15 is 0 Å². The van der Waals surface area contributed by atoms with E-state index in [1.165, 1.54) is 11.1 Å². The molecule has 2 aliphatic heterocycles. The van der Waals surface area contributed by atoms with Gasteiger partial charge in [-0.15, -0.1) is 24.8 Å². The van der Waals surface area contributed by atoms with Crippen LogP contribution in [0.25, 0.3) is 0 Å². The third-order valence-electron chi connectivity index (χ3n) is 6.19. The highest BCUT2D eigenvalue weighted by molar-refractivity contribution is 5.85. The van der Waals surface area contributed by atoms with Crippen LogP contribution < -0.4 is 4.74 Å². The molecule has 2 aromatic rings. The van der Waals surface area contributed by atoms with Crippen molar-refractivity contribution in [3.63, 3.8) is 0 Å². The topological polar surface area (TPSA) is 53.0 Å². The number of nitrogens with zero attached hydrogens (tertiary/aromatic N) is 2. The van der Waals surface area contributed by atoms with E-state index in [0.29, 0.717) is 23.6 Å². The Bertz CT molecular complexity index is 864. The lowest BCUT2D eigenvalue weighted by Crippen LogP contribution is -2.29. The highest BCUT2D eigenvalue weighted by Gasteiger charge is 2.46. The van der Waals surface area contributed by atoms with Gasteiger partial charge in [0.05, 0.1) is 0 Å². The number of hydrogen-bond donors (Lipinski definition) is 1. The molecule has 30 heavy (non-hydrogen) atoms. The number of carbonyl (C=O) groups is 1. The van der Waals surface area contributed by atoms with Gasteiger partial charge in [-0.1, -0.05) is 42.5 Å². The van der Waals surface area contributed by atoms with Crippen LogP contribution in [0.15, 0.2) is 48.5 Å². The number of aliphatic carboxylic acids is 1. The molecule has 2 heterocycles. The van der Waals surface area contributed by atoms with Crippen molar-refractivity contribution >= 4 is 30.8 Å². The van der Waals surface area contributed by atoms with E-state index < -0.39 is 5.97 Å². The molecule has 2 aromatic carbocycles. The molecule has 0 radical (unpaired) electrons. The lowest BCUT2D eigenvalue weighted by molar-refractivity contribution is -0.139. The predicted molar refractivity (Wildman–Crippen MR) is 123 cm³/mol. The number of carboxylic acids is 1. The maximum absolute atomic E-state index is 10.8. The molecule has 0 aliphatic carbocycles. The summed E-state index contributed by atoms with van der Waals surface area (Å²) in [5.41, 5.74) is 3.87. The Kier molecular flexibility index (Phi) is 8.56. The molecule has 0 bridgehead atoms. The Morgan fingerprint density at radius 1 is 1.07 bits per heavy atom. The molecule has 0 saturated carbocycles. The average Bonchev–Trinajstić information content (AvgIpc) is 3.17. The van der Waals surface area contributed by atoms with E-state index in [2.05, 4.69) is 48.0 Å². The summed E-state index contributed by atoms with van der Waals surface area (Å²) in [4.78, 5) is 15.9. The lowest BCUT2D eigenvalue weighted by Gasteiger charge is -2.28. The first-order valence-electron chi connectivity index (χ1n) is 9.93. The largest absolute Gasteiger partial charge is 0.482 e. The van der Waals surface area contributed by atoms with Crippen LogP contribution in [0, 0.1) is 18.8 Å². The summed E-state index contributed by atoms with van der Waals surface area (Å²) in [5.74, 6) is 1.02. The highest BCUT2D eigenvalue weighted by Crippen LogP contribution is 2.45. The van der Waals surface area contributed by atoms with Gasteiger partial charge >= 0.3 is 5.97 Å².